The molecule has 1 rings (SSSR count). The highest BCUT2D eigenvalue weighted by molar-refractivity contribution is 7.89. The second-order valence-electron chi connectivity index (χ2n) is 3.31. The van der Waals surface area contributed by atoms with Gasteiger partial charge in [0, 0.05) is 12.7 Å². The number of carbonyl (C=O) groups is 1. The lowest BCUT2D eigenvalue weighted by Gasteiger charge is -2.10. The molecule has 100 valence electrons. The Hall–Kier alpha value is -1.02. The Bertz CT molecular complexity index is 551. The molecule has 0 heterocycles. The first kappa shape index (κ1) is 15.0. The Kier molecular flexibility index (Phi) is 4.80. The van der Waals surface area contributed by atoms with Crippen LogP contribution in [0.4, 0.5) is 5.69 Å². The molecular formula is C9H11Cl2N3O3S. The molecule has 18 heavy (non-hydrogen) atoms. The van der Waals surface area contributed by atoms with Crippen molar-refractivity contribution in [3.63, 3.8) is 0 Å². The Morgan fingerprint density at radius 1 is 1.33 bits per heavy atom. The molecule has 0 bridgehead atoms. The highest BCUT2D eigenvalue weighted by Crippen LogP contribution is 2.31. The first-order valence-corrected chi connectivity index (χ1v) is 6.96. The summed E-state index contributed by atoms with van der Waals surface area (Å²) >= 11 is 11.6. The van der Waals surface area contributed by atoms with Crippen LogP contribution in [0.1, 0.15) is 0 Å². The smallest absolute Gasteiger partial charge is 0.244 e. The largest absolute Gasteiger partial charge is 0.399 e. The average molecular weight is 312 g/mol. The summed E-state index contributed by atoms with van der Waals surface area (Å²) in [6, 6.07) is 2.53. The number of halogens is 2. The number of nitrogens with one attached hydrogen (secondary N) is 2. The number of nitrogen functional groups attached to an aromatic ring is 1. The Morgan fingerprint density at radius 2 is 1.83 bits per heavy atom. The summed E-state index contributed by atoms with van der Waals surface area (Å²) < 4.78 is 25.9. The lowest BCUT2D eigenvalue weighted by molar-refractivity contribution is -0.119. The van der Waals surface area contributed by atoms with E-state index in [0.29, 0.717) is 0 Å². The highest BCUT2D eigenvalue weighted by Gasteiger charge is 2.22. The van der Waals surface area contributed by atoms with Crippen LogP contribution >= 0.6 is 23.2 Å². The van der Waals surface area contributed by atoms with Crippen LogP contribution in [0.2, 0.25) is 10.0 Å². The van der Waals surface area contributed by atoms with Crippen molar-refractivity contribution in [3.8, 4) is 0 Å². The zero-order valence-electron chi connectivity index (χ0n) is 9.33. The summed E-state index contributed by atoms with van der Waals surface area (Å²) in [5.74, 6) is -0.485. The van der Waals surface area contributed by atoms with Crippen LogP contribution in [-0.4, -0.2) is 27.9 Å². The number of carbonyl (C=O) groups excluding carboxylic acids is 1. The predicted octanol–water partition coefficient (Wildman–Crippen LogP) is 0.600. The van der Waals surface area contributed by atoms with Crippen molar-refractivity contribution in [2.45, 2.75) is 4.90 Å². The number of rotatable bonds is 4. The maximum Gasteiger partial charge on any atom is 0.244 e. The third-order valence-corrected chi connectivity index (χ3v) is 4.31. The van der Waals surface area contributed by atoms with Crippen LogP contribution < -0.4 is 15.8 Å². The van der Waals surface area contributed by atoms with Crippen LogP contribution in [0, 0.1) is 0 Å². The van der Waals surface area contributed by atoms with Crippen LogP contribution in [0.3, 0.4) is 0 Å². The molecular weight excluding hydrogens is 301 g/mol. The molecule has 0 saturated heterocycles. The van der Waals surface area contributed by atoms with E-state index >= 15 is 0 Å². The topological polar surface area (TPSA) is 101 Å². The molecule has 1 amide bonds. The van der Waals surface area contributed by atoms with E-state index in [-0.39, 0.29) is 20.6 Å². The minimum Gasteiger partial charge on any atom is -0.399 e. The van der Waals surface area contributed by atoms with Gasteiger partial charge in [0.25, 0.3) is 0 Å². The number of hydrogen-bond donors (Lipinski definition) is 3. The molecule has 0 fully saturated rings. The number of hydrogen-bond acceptors (Lipinski definition) is 4. The van der Waals surface area contributed by atoms with Gasteiger partial charge in [-0.25, -0.2) is 13.1 Å². The van der Waals surface area contributed by atoms with Gasteiger partial charge in [-0.15, -0.1) is 0 Å². The summed E-state index contributed by atoms with van der Waals surface area (Å²) in [6.45, 7) is -0.407. The van der Waals surface area contributed by atoms with Crippen LogP contribution in [-0.2, 0) is 14.8 Å². The summed E-state index contributed by atoms with van der Waals surface area (Å²) in [4.78, 5) is 10.7. The summed E-state index contributed by atoms with van der Waals surface area (Å²) in [7, 11) is -2.59. The quantitative estimate of drug-likeness (QED) is 0.709. The van der Waals surface area contributed by atoms with E-state index in [1.54, 1.807) is 0 Å². The maximum absolute atomic E-state index is 11.9. The lowest BCUT2D eigenvalue weighted by Crippen LogP contribution is -2.35. The molecule has 0 aliphatic heterocycles. The monoisotopic (exact) mass is 311 g/mol. The van der Waals surface area contributed by atoms with Crippen LogP contribution in [0.25, 0.3) is 0 Å². The molecule has 0 unspecified atom stereocenters. The third-order valence-electron chi connectivity index (χ3n) is 1.99. The van der Waals surface area contributed by atoms with E-state index in [2.05, 4.69) is 10.0 Å². The lowest BCUT2D eigenvalue weighted by atomic mass is 10.3. The summed E-state index contributed by atoms with van der Waals surface area (Å²) in [5, 5.41) is 2.06. The number of amides is 1. The van der Waals surface area contributed by atoms with E-state index in [0.717, 1.165) is 0 Å². The normalized spacial score (nSPS) is 11.3. The Labute approximate surface area is 114 Å². The van der Waals surface area contributed by atoms with Gasteiger partial charge in [-0.3, -0.25) is 4.79 Å². The first-order valence-electron chi connectivity index (χ1n) is 4.72. The van der Waals surface area contributed by atoms with E-state index in [4.69, 9.17) is 28.9 Å². The predicted molar refractivity (Wildman–Crippen MR) is 70.1 cm³/mol. The number of likely N-dealkylation sites (N-methyl/N-ethyl adjacent to an activating group) is 1. The van der Waals surface area contributed by atoms with Gasteiger partial charge in [-0.1, -0.05) is 23.2 Å². The van der Waals surface area contributed by atoms with Crippen molar-refractivity contribution in [1.82, 2.24) is 10.0 Å². The van der Waals surface area contributed by atoms with Gasteiger partial charge in [0.15, 0.2) is 0 Å². The fourth-order valence-corrected chi connectivity index (χ4v) is 3.37. The Morgan fingerprint density at radius 3 is 2.28 bits per heavy atom. The standard InChI is InChI=1S/C9H11Cl2N3O3S/c1-13-8(15)4-14-18(16,17)9-6(10)2-5(12)3-7(9)11/h2-3,14H,4,12H2,1H3,(H,13,15). The van der Waals surface area contributed by atoms with Gasteiger partial charge < -0.3 is 11.1 Å². The molecule has 0 radical (unpaired) electrons. The first-order chi connectivity index (χ1) is 8.27. The van der Waals surface area contributed by atoms with Gasteiger partial charge in [0.2, 0.25) is 15.9 Å². The van der Waals surface area contributed by atoms with Crippen molar-refractivity contribution in [2.24, 2.45) is 0 Å². The molecule has 0 saturated carbocycles. The minimum absolute atomic E-state index is 0.107. The molecule has 0 spiro atoms. The van der Waals surface area contributed by atoms with Gasteiger partial charge in [0.05, 0.1) is 16.6 Å². The van der Waals surface area contributed by atoms with Crippen molar-refractivity contribution in [2.75, 3.05) is 19.3 Å². The average Bonchev–Trinajstić information content (AvgIpc) is 2.24. The van der Waals surface area contributed by atoms with E-state index < -0.39 is 22.5 Å². The molecule has 0 aliphatic rings. The second kappa shape index (κ2) is 5.75. The highest BCUT2D eigenvalue weighted by atomic mass is 35.5. The third kappa shape index (κ3) is 3.49. The van der Waals surface area contributed by atoms with E-state index in [1.165, 1.54) is 19.2 Å². The molecule has 1 aromatic carbocycles. The van der Waals surface area contributed by atoms with Crippen molar-refractivity contribution in [3.05, 3.63) is 22.2 Å². The van der Waals surface area contributed by atoms with Crippen LogP contribution in [0.5, 0.6) is 0 Å². The second-order valence-corrected chi connectivity index (χ2v) is 5.83. The molecule has 4 N–H and O–H groups in total. The van der Waals surface area contributed by atoms with Crippen molar-refractivity contribution < 1.29 is 13.2 Å². The number of sulfonamides is 1. The van der Waals surface area contributed by atoms with E-state index in [9.17, 15) is 13.2 Å². The van der Waals surface area contributed by atoms with Crippen molar-refractivity contribution >= 4 is 44.8 Å². The number of nitrogens with two attached hydrogens (primary N) is 1. The summed E-state index contributed by atoms with van der Waals surface area (Å²) in [5.41, 5.74) is 5.71. The zero-order valence-corrected chi connectivity index (χ0v) is 11.7. The van der Waals surface area contributed by atoms with Gasteiger partial charge in [-0.05, 0) is 12.1 Å². The maximum atomic E-state index is 11.9. The minimum atomic E-state index is -3.97. The fourth-order valence-electron chi connectivity index (χ4n) is 1.16. The fraction of sp³-hybridized carbons (Fsp3) is 0.222. The summed E-state index contributed by atoms with van der Waals surface area (Å²) in [6.07, 6.45) is 0. The van der Waals surface area contributed by atoms with Gasteiger partial charge in [-0.2, -0.15) is 0 Å². The molecule has 6 nitrogen and oxygen atoms in total. The molecule has 0 atom stereocenters. The SMILES string of the molecule is CNC(=O)CNS(=O)(=O)c1c(Cl)cc(N)cc1Cl. The molecule has 9 heteroatoms. The number of anilines is 1. The molecule has 0 aromatic heterocycles. The van der Waals surface area contributed by atoms with Crippen molar-refractivity contribution in [1.29, 1.82) is 0 Å². The Balaban J connectivity index is 3.10. The molecule has 1 aromatic rings. The van der Waals surface area contributed by atoms with E-state index in [1.807, 2.05) is 0 Å². The van der Waals surface area contributed by atoms with Crippen LogP contribution in [0.15, 0.2) is 17.0 Å². The van der Waals surface area contributed by atoms with Gasteiger partial charge >= 0.3 is 0 Å². The zero-order chi connectivity index (χ0) is 13.9. The number of benzene rings is 1. The van der Waals surface area contributed by atoms with Gasteiger partial charge in [0.1, 0.15) is 4.90 Å². The molecule has 0 aliphatic carbocycles.